The number of benzene rings is 1. The molecule has 2 amide bonds. The van der Waals surface area contributed by atoms with Crippen molar-refractivity contribution in [2.75, 3.05) is 7.11 Å². The molecule has 5 nitrogen and oxygen atoms in total. The predicted molar refractivity (Wildman–Crippen MR) is 119 cm³/mol. The van der Waals surface area contributed by atoms with Gasteiger partial charge in [0.25, 0.3) is 0 Å². The molecular formula is C23H30N2O3S. The van der Waals surface area contributed by atoms with Gasteiger partial charge in [-0.1, -0.05) is 26.0 Å². The van der Waals surface area contributed by atoms with E-state index in [4.69, 9.17) is 4.74 Å². The summed E-state index contributed by atoms with van der Waals surface area (Å²) in [5, 5.41) is 5.86. The predicted octanol–water partition coefficient (Wildman–Crippen LogP) is 4.40. The van der Waals surface area contributed by atoms with Crippen LogP contribution in [0.25, 0.3) is 6.08 Å². The van der Waals surface area contributed by atoms with Gasteiger partial charge in [-0.05, 0) is 62.1 Å². The van der Waals surface area contributed by atoms with Crippen LogP contribution in [0.3, 0.4) is 0 Å². The summed E-state index contributed by atoms with van der Waals surface area (Å²) in [5.74, 6) is 0.242. The van der Waals surface area contributed by atoms with Gasteiger partial charge >= 0.3 is 0 Å². The minimum absolute atomic E-state index is 0.0363. The molecule has 1 heterocycles. The fraction of sp³-hybridized carbons (Fsp3) is 0.391. The molecule has 2 rings (SSSR count). The Bertz CT molecular complexity index is 869. The van der Waals surface area contributed by atoms with E-state index in [1.165, 1.54) is 15.8 Å². The van der Waals surface area contributed by atoms with Crippen molar-refractivity contribution in [3.05, 3.63) is 57.3 Å². The van der Waals surface area contributed by atoms with Crippen molar-refractivity contribution in [1.82, 2.24) is 10.6 Å². The summed E-state index contributed by atoms with van der Waals surface area (Å²) in [7, 11) is 1.61. The van der Waals surface area contributed by atoms with Gasteiger partial charge in [0, 0.05) is 15.8 Å². The zero-order chi connectivity index (χ0) is 21.6. The van der Waals surface area contributed by atoms with Gasteiger partial charge in [0.15, 0.2) is 0 Å². The number of ether oxygens (including phenoxy) is 1. The van der Waals surface area contributed by atoms with Crippen LogP contribution in [0.15, 0.2) is 36.4 Å². The number of carbonyl (C=O) groups excluding carboxylic acids is 2. The van der Waals surface area contributed by atoms with E-state index in [2.05, 4.69) is 30.5 Å². The van der Waals surface area contributed by atoms with Crippen LogP contribution in [0.4, 0.5) is 0 Å². The van der Waals surface area contributed by atoms with E-state index in [0.29, 0.717) is 0 Å². The van der Waals surface area contributed by atoms with E-state index in [9.17, 15) is 9.59 Å². The van der Waals surface area contributed by atoms with E-state index in [-0.39, 0.29) is 23.8 Å². The van der Waals surface area contributed by atoms with Gasteiger partial charge < -0.3 is 15.4 Å². The van der Waals surface area contributed by atoms with Crippen molar-refractivity contribution in [1.29, 1.82) is 0 Å². The molecule has 0 aliphatic carbocycles. The second-order valence-corrected chi connectivity index (χ2v) is 8.90. The summed E-state index contributed by atoms with van der Waals surface area (Å²) in [5.41, 5.74) is 2.00. The maximum atomic E-state index is 12.8. The monoisotopic (exact) mass is 414 g/mol. The summed E-state index contributed by atoms with van der Waals surface area (Å²) in [6, 6.07) is 8.77. The Kier molecular flexibility index (Phi) is 8.02. The lowest BCUT2D eigenvalue weighted by Gasteiger charge is -2.23. The second kappa shape index (κ2) is 10.3. The summed E-state index contributed by atoms with van der Waals surface area (Å²) in [6.45, 7) is 9.92. The minimum atomic E-state index is -0.606. The number of amides is 2. The molecule has 2 aromatic rings. The summed E-state index contributed by atoms with van der Waals surface area (Å²) < 4.78 is 5.13. The van der Waals surface area contributed by atoms with Crippen LogP contribution in [0.2, 0.25) is 0 Å². The quantitative estimate of drug-likeness (QED) is 0.629. The molecule has 0 radical (unpaired) electrons. The lowest BCUT2D eigenvalue weighted by molar-refractivity contribution is -0.128. The van der Waals surface area contributed by atoms with Crippen molar-refractivity contribution in [2.24, 2.45) is 5.92 Å². The van der Waals surface area contributed by atoms with Crippen LogP contribution in [0.1, 0.15) is 47.7 Å². The number of hydrogen-bond donors (Lipinski definition) is 2. The molecular weight excluding hydrogens is 384 g/mol. The standard InChI is InChI=1S/C23H30N2O3S/c1-14(2)22(23(27)24-16(4)20-13-15(3)29-17(20)5)25-21(26)12-9-18-7-10-19(28-6)11-8-18/h7-14,16,22H,1-6H3,(H,24,27)(H,25,26)/b12-9+. The number of carbonyl (C=O) groups is 2. The molecule has 156 valence electrons. The average molecular weight is 415 g/mol. The normalized spacial score (nSPS) is 13.3. The number of hydrogen-bond acceptors (Lipinski definition) is 4. The molecule has 0 saturated carbocycles. The molecule has 0 fully saturated rings. The van der Waals surface area contributed by atoms with Gasteiger partial charge in [-0.15, -0.1) is 11.3 Å². The van der Waals surface area contributed by atoms with Crippen LogP contribution in [-0.4, -0.2) is 25.0 Å². The van der Waals surface area contributed by atoms with Gasteiger partial charge in [0.1, 0.15) is 11.8 Å². The highest BCUT2D eigenvalue weighted by Gasteiger charge is 2.25. The fourth-order valence-electron chi connectivity index (χ4n) is 3.08. The Balaban J connectivity index is 2.00. The van der Waals surface area contributed by atoms with Crippen molar-refractivity contribution in [3.63, 3.8) is 0 Å². The van der Waals surface area contributed by atoms with Crippen LogP contribution in [0.5, 0.6) is 5.75 Å². The molecule has 1 aromatic heterocycles. The molecule has 0 saturated heterocycles. The number of rotatable bonds is 8. The molecule has 2 unspecified atom stereocenters. The zero-order valence-electron chi connectivity index (χ0n) is 17.9. The minimum Gasteiger partial charge on any atom is -0.497 e. The Labute approximate surface area is 177 Å². The molecule has 1 aromatic carbocycles. The van der Waals surface area contributed by atoms with Crippen molar-refractivity contribution in [3.8, 4) is 5.75 Å². The molecule has 0 aliphatic rings. The Hall–Kier alpha value is -2.60. The van der Waals surface area contributed by atoms with Gasteiger partial charge in [0.05, 0.1) is 13.2 Å². The summed E-state index contributed by atoms with van der Waals surface area (Å²) in [6.07, 6.45) is 3.16. The zero-order valence-corrected chi connectivity index (χ0v) is 18.7. The number of methoxy groups -OCH3 is 1. The second-order valence-electron chi connectivity index (χ2n) is 7.44. The van der Waals surface area contributed by atoms with E-state index < -0.39 is 6.04 Å². The topological polar surface area (TPSA) is 67.4 Å². The Morgan fingerprint density at radius 1 is 1.07 bits per heavy atom. The summed E-state index contributed by atoms with van der Waals surface area (Å²) >= 11 is 1.72. The number of thiophene rings is 1. The molecule has 0 spiro atoms. The lowest BCUT2D eigenvalue weighted by atomic mass is 10.0. The first-order valence-electron chi connectivity index (χ1n) is 9.71. The van der Waals surface area contributed by atoms with Crippen molar-refractivity contribution < 1.29 is 14.3 Å². The van der Waals surface area contributed by atoms with Gasteiger partial charge in [0.2, 0.25) is 11.8 Å². The summed E-state index contributed by atoms with van der Waals surface area (Å²) in [4.78, 5) is 27.6. The third-order valence-corrected chi connectivity index (χ3v) is 5.68. The SMILES string of the molecule is COc1ccc(/C=C/C(=O)NC(C(=O)NC(C)c2cc(C)sc2C)C(C)C)cc1. The smallest absolute Gasteiger partial charge is 0.244 e. The number of nitrogens with one attached hydrogen (secondary N) is 2. The number of aryl methyl sites for hydroxylation is 2. The maximum Gasteiger partial charge on any atom is 0.244 e. The molecule has 0 aliphatic heterocycles. The highest BCUT2D eigenvalue weighted by molar-refractivity contribution is 7.12. The first-order chi connectivity index (χ1) is 13.7. The third kappa shape index (κ3) is 6.46. The Morgan fingerprint density at radius 3 is 2.24 bits per heavy atom. The average Bonchev–Trinajstić information content (AvgIpc) is 3.02. The van der Waals surface area contributed by atoms with E-state index >= 15 is 0 Å². The van der Waals surface area contributed by atoms with E-state index in [1.54, 1.807) is 24.5 Å². The fourth-order valence-corrected chi connectivity index (χ4v) is 4.11. The van der Waals surface area contributed by atoms with Crippen LogP contribution in [0, 0.1) is 19.8 Å². The highest BCUT2D eigenvalue weighted by atomic mass is 32.1. The molecule has 2 N–H and O–H groups in total. The first-order valence-corrected chi connectivity index (χ1v) is 10.5. The lowest BCUT2D eigenvalue weighted by Crippen LogP contribution is -2.49. The maximum absolute atomic E-state index is 12.8. The molecule has 29 heavy (non-hydrogen) atoms. The van der Waals surface area contributed by atoms with Gasteiger partial charge in [-0.2, -0.15) is 0 Å². The largest absolute Gasteiger partial charge is 0.497 e. The first kappa shape index (κ1) is 22.7. The van der Waals surface area contributed by atoms with Crippen molar-refractivity contribution in [2.45, 2.75) is 46.7 Å². The third-order valence-electron chi connectivity index (χ3n) is 4.69. The van der Waals surface area contributed by atoms with Gasteiger partial charge in [-0.25, -0.2) is 0 Å². The van der Waals surface area contributed by atoms with E-state index in [0.717, 1.165) is 16.9 Å². The molecule has 6 heteroatoms. The van der Waals surface area contributed by atoms with E-state index in [1.807, 2.05) is 45.0 Å². The molecule has 0 bridgehead atoms. The molecule has 2 atom stereocenters. The van der Waals surface area contributed by atoms with Crippen LogP contribution < -0.4 is 15.4 Å². The van der Waals surface area contributed by atoms with Gasteiger partial charge in [-0.3, -0.25) is 9.59 Å². The van der Waals surface area contributed by atoms with Crippen LogP contribution in [-0.2, 0) is 9.59 Å². The Morgan fingerprint density at radius 2 is 1.72 bits per heavy atom. The van der Waals surface area contributed by atoms with Crippen molar-refractivity contribution >= 4 is 29.2 Å². The van der Waals surface area contributed by atoms with Crippen LogP contribution >= 0.6 is 11.3 Å². The highest BCUT2D eigenvalue weighted by Crippen LogP contribution is 2.26.